The number of carbonyl (C=O) groups excluding carboxylic acids is 1. The van der Waals surface area contributed by atoms with Crippen LogP contribution in [0.25, 0.3) is 22.2 Å². The van der Waals surface area contributed by atoms with Crippen LogP contribution >= 0.6 is 0 Å². The number of fused-ring (bicyclic) bond motifs is 1. The fraction of sp³-hybridized carbons (Fsp3) is 0.269. The molecule has 170 valence electrons. The molecule has 4 rings (SSSR count). The Morgan fingerprint density at radius 1 is 1.09 bits per heavy atom. The summed E-state index contributed by atoms with van der Waals surface area (Å²) in [5, 5.41) is 2.98. The molecule has 2 aromatic heterocycles. The largest absolute Gasteiger partial charge is 0.385 e. The zero-order valence-electron chi connectivity index (χ0n) is 19.2. The van der Waals surface area contributed by atoms with E-state index in [1.54, 1.807) is 22.6 Å². The van der Waals surface area contributed by atoms with Crippen molar-refractivity contribution in [2.75, 3.05) is 19.0 Å². The molecule has 7 nitrogen and oxygen atoms in total. The van der Waals surface area contributed by atoms with Crippen molar-refractivity contribution in [3.63, 3.8) is 0 Å². The molecule has 0 aliphatic rings. The Hall–Kier alpha value is -3.71. The summed E-state index contributed by atoms with van der Waals surface area (Å²) in [5.74, 6) is -0.200. The van der Waals surface area contributed by atoms with Crippen LogP contribution in [0.5, 0.6) is 0 Å². The lowest BCUT2D eigenvalue weighted by atomic mass is 10.1. The van der Waals surface area contributed by atoms with Crippen molar-refractivity contribution < 1.29 is 9.53 Å². The van der Waals surface area contributed by atoms with Crippen LogP contribution in [-0.4, -0.2) is 33.7 Å². The summed E-state index contributed by atoms with van der Waals surface area (Å²) in [6, 6.07) is 15.7. The summed E-state index contributed by atoms with van der Waals surface area (Å²) in [6.07, 6.45) is 4.12. The lowest BCUT2D eigenvalue weighted by Crippen LogP contribution is -2.25. The Bertz CT molecular complexity index is 1340. The summed E-state index contributed by atoms with van der Waals surface area (Å²) in [7, 11) is 1.63. The van der Waals surface area contributed by atoms with Crippen molar-refractivity contribution in [1.82, 2.24) is 14.1 Å². The van der Waals surface area contributed by atoms with Crippen LogP contribution in [0.3, 0.4) is 0 Å². The molecule has 0 saturated heterocycles. The van der Waals surface area contributed by atoms with Crippen molar-refractivity contribution in [3.05, 3.63) is 82.5 Å². The minimum Gasteiger partial charge on any atom is -0.385 e. The van der Waals surface area contributed by atoms with Crippen LogP contribution in [0.1, 0.15) is 17.5 Å². The molecule has 0 unspecified atom stereocenters. The molecule has 7 heteroatoms. The molecule has 0 aliphatic heterocycles. The number of nitrogens with one attached hydrogen (secondary N) is 1. The van der Waals surface area contributed by atoms with Crippen molar-refractivity contribution in [1.29, 1.82) is 0 Å². The molecule has 4 aromatic rings. The third-order valence-corrected chi connectivity index (χ3v) is 5.65. The minimum absolute atomic E-state index is 0.00964. The normalized spacial score (nSPS) is 11.1. The summed E-state index contributed by atoms with van der Waals surface area (Å²) in [6.45, 7) is 5.00. The fourth-order valence-corrected chi connectivity index (χ4v) is 3.92. The Morgan fingerprint density at radius 3 is 2.64 bits per heavy atom. The lowest BCUT2D eigenvalue weighted by molar-refractivity contribution is -0.116. The first-order valence-corrected chi connectivity index (χ1v) is 11.0. The van der Waals surface area contributed by atoms with E-state index >= 15 is 0 Å². The Morgan fingerprint density at radius 2 is 1.88 bits per heavy atom. The Kier molecular flexibility index (Phi) is 6.70. The van der Waals surface area contributed by atoms with Gasteiger partial charge in [0.25, 0.3) is 5.56 Å². The first-order chi connectivity index (χ1) is 16.0. The van der Waals surface area contributed by atoms with Crippen LogP contribution in [0.15, 0.2) is 65.8 Å². The molecule has 0 fully saturated rings. The summed E-state index contributed by atoms with van der Waals surface area (Å²) in [4.78, 5) is 30.9. The van der Waals surface area contributed by atoms with E-state index in [4.69, 9.17) is 4.74 Å². The van der Waals surface area contributed by atoms with E-state index in [9.17, 15) is 9.59 Å². The summed E-state index contributed by atoms with van der Waals surface area (Å²) < 4.78 is 8.40. The van der Waals surface area contributed by atoms with Gasteiger partial charge in [-0.2, -0.15) is 0 Å². The SMILES string of the molecule is COCCCn1cnc2c(-c3ccccc3)cn(CC(=O)Nc3cc(C)ccc3C)c2c1=O. The van der Waals surface area contributed by atoms with Gasteiger partial charge in [-0.25, -0.2) is 4.98 Å². The van der Waals surface area contributed by atoms with Crippen LogP contribution in [0, 0.1) is 13.8 Å². The zero-order valence-corrected chi connectivity index (χ0v) is 19.2. The van der Waals surface area contributed by atoms with Crippen molar-refractivity contribution >= 4 is 22.6 Å². The van der Waals surface area contributed by atoms with Crippen molar-refractivity contribution in [2.45, 2.75) is 33.4 Å². The average molecular weight is 445 g/mol. The second kappa shape index (κ2) is 9.83. The monoisotopic (exact) mass is 444 g/mol. The lowest BCUT2D eigenvalue weighted by Gasteiger charge is -2.11. The molecular weight excluding hydrogens is 416 g/mol. The summed E-state index contributed by atoms with van der Waals surface area (Å²) >= 11 is 0. The van der Waals surface area contributed by atoms with Crippen LogP contribution < -0.4 is 10.9 Å². The fourth-order valence-electron chi connectivity index (χ4n) is 3.92. The molecular formula is C26H28N4O3. The first kappa shape index (κ1) is 22.5. The maximum Gasteiger partial charge on any atom is 0.277 e. The molecule has 0 atom stereocenters. The topological polar surface area (TPSA) is 78.2 Å². The second-order valence-electron chi connectivity index (χ2n) is 8.19. The van der Waals surface area contributed by atoms with Gasteiger partial charge < -0.3 is 14.6 Å². The van der Waals surface area contributed by atoms with Crippen LogP contribution in [0.2, 0.25) is 0 Å². The molecule has 1 N–H and O–H groups in total. The maximum absolute atomic E-state index is 13.4. The predicted octanol–water partition coefficient (Wildman–Crippen LogP) is 4.16. The average Bonchev–Trinajstić information content (AvgIpc) is 3.17. The number of benzene rings is 2. The van der Waals surface area contributed by atoms with E-state index in [-0.39, 0.29) is 18.0 Å². The van der Waals surface area contributed by atoms with E-state index in [0.29, 0.717) is 30.6 Å². The van der Waals surface area contributed by atoms with Crippen LogP contribution in [0.4, 0.5) is 5.69 Å². The highest BCUT2D eigenvalue weighted by atomic mass is 16.5. The standard InChI is InChI=1S/C26H28N4O3/c1-18-10-11-19(2)22(14-18)28-23(31)16-30-15-21(20-8-5-4-6-9-20)24-25(30)26(32)29(17-27-24)12-7-13-33-3/h4-6,8-11,14-15,17H,7,12-13,16H2,1-3H3,(H,28,31). The molecule has 0 saturated carbocycles. The second-order valence-corrected chi connectivity index (χ2v) is 8.19. The number of ether oxygens (including phenoxy) is 1. The molecule has 0 radical (unpaired) electrons. The third kappa shape index (κ3) is 4.88. The summed E-state index contributed by atoms with van der Waals surface area (Å²) in [5.41, 5.74) is 5.44. The van der Waals surface area contributed by atoms with Gasteiger partial charge in [0.15, 0.2) is 0 Å². The van der Waals surface area contributed by atoms with E-state index in [0.717, 1.165) is 27.9 Å². The highest BCUT2D eigenvalue weighted by molar-refractivity contribution is 5.96. The van der Waals surface area contributed by atoms with E-state index in [2.05, 4.69) is 10.3 Å². The number of aryl methyl sites for hydroxylation is 3. The van der Waals surface area contributed by atoms with Gasteiger partial charge in [-0.3, -0.25) is 14.2 Å². The van der Waals surface area contributed by atoms with Crippen molar-refractivity contribution in [2.24, 2.45) is 0 Å². The van der Waals surface area contributed by atoms with Gasteiger partial charge in [0.1, 0.15) is 17.6 Å². The molecule has 2 aromatic carbocycles. The number of rotatable bonds is 8. The predicted molar refractivity (Wildman–Crippen MR) is 130 cm³/mol. The van der Waals surface area contributed by atoms with E-state index < -0.39 is 0 Å². The third-order valence-electron chi connectivity index (χ3n) is 5.65. The van der Waals surface area contributed by atoms with Gasteiger partial charge in [-0.05, 0) is 43.0 Å². The van der Waals surface area contributed by atoms with Gasteiger partial charge in [-0.1, -0.05) is 42.5 Å². The van der Waals surface area contributed by atoms with E-state index in [1.165, 1.54) is 0 Å². The van der Waals surface area contributed by atoms with Gasteiger partial charge in [0, 0.05) is 37.7 Å². The van der Waals surface area contributed by atoms with Gasteiger partial charge in [0.05, 0.1) is 6.33 Å². The van der Waals surface area contributed by atoms with E-state index in [1.807, 2.05) is 68.6 Å². The maximum atomic E-state index is 13.4. The number of carbonyl (C=O) groups is 1. The highest BCUT2D eigenvalue weighted by Gasteiger charge is 2.18. The van der Waals surface area contributed by atoms with Crippen LogP contribution in [-0.2, 0) is 22.6 Å². The van der Waals surface area contributed by atoms with Crippen molar-refractivity contribution in [3.8, 4) is 11.1 Å². The van der Waals surface area contributed by atoms with Gasteiger partial charge in [0.2, 0.25) is 5.91 Å². The molecule has 0 aliphatic carbocycles. The number of methoxy groups -OCH3 is 1. The molecule has 1 amide bonds. The molecule has 0 spiro atoms. The number of amides is 1. The molecule has 0 bridgehead atoms. The quantitative estimate of drug-likeness (QED) is 0.414. The zero-order chi connectivity index (χ0) is 23.4. The van der Waals surface area contributed by atoms with Gasteiger partial charge in [-0.15, -0.1) is 0 Å². The highest BCUT2D eigenvalue weighted by Crippen LogP contribution is 2.27. The minimum atomic E-state index is -0.200. The number of hydrogen-bond acceptors (Lipinski definition) is 4. The number of nitrogens with zero attached hydrogens (tertiary/aromatic N) is 3. The number of anilines is 1. The van der Waals surface area contributed by atoms with Gasteiger partial charge >= 0.3 is 0 Å². The molecule has 2 heterocycles. The number of aromatic nitrogens is 3. The Balaban J connectivity index is 1.73. The molecule has 33 heavy (non-hydrogen) atoms. The smallest absolute Gasteiger partial charge is 0.277 e. The number of hydrogen-bond donors (Lipinski definition) is 1. The Labute approximate surface area is 192 Å². The first-order valence-electron chi connectivity index (χ1n) is 11.0.